The van der Waals surface area contributed by atoms with Crippen molar-refractivity contribution in [3.63, 3.8) is 0 Å². The molecule has 0 bridgehead atoms. The lowest BCUT2D eigenvalue weighted by atomic mass is 10.0. The third kappa shape index (κ3) is 4.15. The van der Waals surface area contributed by atoms with Crippen LogP contribution in [0.5, 0.6) is 0 Å². The first-order valence-corrected chi connectivity index (χ1v) is 6.63. The van der Waals surface area contributed by atoms with E-state index in [0.717, 1.165) is 24.1 Å². The monoisotopic (exact) mass is 256 g/mol. The summed E-state index contributed by atoms with van der Waals surface area (Å²) in [4.78, 5) is 11.8. The van der Waals surface area contributed by atoms with Gasteiger partial charge < -0.3 is 0 Å². The summed E-state index contributed by atoms with van der Waals surface area (Å²) in [5.41, 5.74) is 1.74. The Morgan fingerprint density at radius 1 is 1.35 bits per heavy atom. The summed E-state index contributed by atoms with van der Waals surface area (Å²) in [6, 6.07) is 0. The maximum Gasteiger partial charge on any atom is 0.137 e. The molecule has 0 aliphatic heterocycles. The fraction of sp³-hybridized carbons (Fsp3) is 0.692. The summed E-state index contributed by atoms with van der Waals surface area (Å²) < 4.78 is 1.62. The van der Waals surface area contributed by atoms with Crippen molar-refractivity contribution >= 4 is 17.4 Å². The number of Topliss-reactive ketones (excluding diaryl/α,β-unsaturated/α-hetero) is 1. The minimum atomic E-state index is 0.263. The van der Waals surface area contributed by atoms with Crippen molar-refractivity contribution in [2.24, 2.45) is 7.05 Å². The van der Waals surface area contributed by atoms with Crippen LogP contribution in [0.2, 0.25) is 5.15 Å². The number of carbonyl (C=O) groups is 1. The van der Waals surface area contributed by atoms with Gasteiger partial charge in [-0.1, -0.05) is 37.8 Å². The van der Waals surface area contributed by atoms with E-state index in [1.165, 1.54) is 12.8 Å². The summed E-state index contributed by atoms with van der Waals surface area (Å²) in [5.74, 6) is 0.263. The van der Waals surface area contributed by atoms with Crippen LogP contribution in [0.4, 0.5) is 0 Å². The lowest BCUT2D eigenvalue weighted by molar-refractivity contribution is -0.118. The first-order chi connectivity index (χ1) is 8.06. The van der Waals surface area contributed by atoms with Crippen molar-refractivity contribution in [3.8, 4) is 0 Å². The predicted molar refractivity (Wildman–Crippen MR) is 70.4 cm³/mol. The number of rotatable bonds is 7. The topological polar surface area (TPSA) is 34.9 Å². The van der Waals surface area contributed by atoms with Gasteiger partial charge in [0.2, 0.25) is 0 Å². The first kappa shape index (κ1) is 14.2. The van der Waals surface area contributed by atoms with E-state index in [1.54, 1.807) is 11.7 Å². The number of hydrogen-bond donors (Lipinski definition) is 0. The van der Waals surface area contributed by atoms with Gasteiger partial charge in [-0.15, -0.1) is 0 Å². The minimum absolute atomic E-state index is 0.263. The van der Waals surface area contributed by atoms with Gasteiger partial charge in [0.15, 0.2) is 0 Å². The summed E-state index contributed by atoms with van der Waals surface area (Å²) in [6.07, 6.45) is 5.61. The molecule has 0 spiro atoms. The smallest absolute Gasteiger partial charge is 0.137 e. The molecule has 0 aliphatic carbocycles. The Morgan fingerprint density at radius 2 is 2.06 bits per heavy atom. The maximum absolute atomic E-state index is 11.8. The number of halogens is 1. The van der Waals surface area contributed by atoms with Crippen LogP contribution in [0.25, 0.3) is 0 Å². The number of nitrogens with zero attached hydrogens (tertiary/aromatic N) is 2. The molecule has 0 saturated carbocycles. The molecule has 0 atom stereocenters. The minimum Gasteiger partial charge on any atom is -0.299 e. The van der Waals surface area contributed by atoms with Crippen LogP contribution in [0.1, 0.15) is 50.3 Å². The third-order valence-corrected chi connectivity index (χ3v) is 3.43. The molecule has 0 radical (unpaired) electrons. The average molecular weight is 257 g/mol. The van der Waals surface area contributed by atoms with E-state index in [-0.39, 0.29) is 5.78 Å². The molecule has 1 aromatic rings. The number of aromatic nitrogens is 2. The van der Waals surface area contributed by atoms with Crippen LogP contribution in [-0.2, 0) is 18.3 Å². The summed E-state index contributed by atoms with van der Waals surface area (Å²) in [7, 11) is 1.80. The summed E-state index contributed by atoms with van der Waals surface area (Å²) in [5, 5.41) is 4.79. The number of unbranched alkanes of at least 4 members (excludes halogenated alkanes) is 3. The highest BCUT2D eigenvalue weighted by molar-refractivity contribution is 6.30. The van der Waals surface area contributed by atoms with Crippen molar-refractivity contribution in [2.75, 3.05) is 0 Å². The number of hydrogen-bond acceptors (Lipinski definition) is 2. The second kappa shape index (κ2) is 6.80. The average Bonchev–Trinajstić information content (AvgIpc) is 2.52. The Bertz CT molecular complexity index is 385. The van der Waals surface area contributed by atoms with Crippen molar-refractivity contribution < 1.29 is 4.79 Å². The fourth-order valence-electron chi connectivity index (χ4n) is 1.91. The van der Waals surface area contributed by atoms with Crippen LogP contribution < -0.4 is 0 Å². The second-order valence-electron chi connectivity index (χ2n) is 4.50. The van der Waals surface area contributed by atoms with Gasteiger partial charge in [0.25, 0.3) is 0 Å². The zero-order chi connectivity index (χ0) is 12.8. The number of aryl methyl sites for hydroxylation is 2. The SMILES string of the molecule is CCCCCCC(=O)Cc1c(C)nn(C)c1Cl. The second-order valence-corrected chi connectivity index (χ2v) is 4.86. The highest BCUT2D eigenvalue weighted by Gasteiger charge is 2.14. The normalized spacial score (nSPS) is 10.8. The number of ketones is 1. The first-order valence-electron chi connectivity index (χ1n) is 6.26. The molecule has 3 nitrogen and oxygen atoms in total. The van der Waals surface area contributed by atoms with E-state index in [9.17, 15) is 4.79 Å². The van der Waals surface area contributed by atoms with Gasteiger partial charge >= 0.3 is 0 Å². The van der Waals surface area contributed by atoms with Crippen LogP contribution in [-0.4, -0.2) is 15.6 Å². The van der Waals surface area contributed by atoms with E-state index in [0.29, 0.717) is 18.0 Å². The third-order valence-electron chi connectivity index (χ3n) is 2.95. The van der Waals surface area contributed by atoms with Gasteiger partial charge in [-0.3, -0.25) is 9.48 Å². The van der Waals surface area contributed by atoms with Crippen molar-refractivity contribution in [1.82, 2.24) is 9.78 Å². The van der Waals surface area contributed by atoms with Crippen LogP contribution in [0, 0.1) is 6.92 Å². The quantitative estimate of drug-likeness (QED) is 0.701. The van der Waals surface area contributed by atoms with E-state index in [2.05, 4.69) is 12.0 Å². The molecule has 4 heteroatoms. The van der Waals surface area contributed by atoms with Crippen molar-refractivity contribution in [2.45, 2.75) is 52.4 Å². The standard InChI is InChI=1S/C13H21ClN2O/c1-4-5-6-7-8-11(17)9-12-10(2)15-16(3)13(12)14/h4-9H2,1-3H3. The predicted octanol–water partition coefficient (Wildman–Crippen LogP) is 3.46. The molecular weight excluding hydrogens is 236 g/mol. The lowest BCUT2D eigenvalue weighted by Crippen LogP contribution is -2.03. The van der Waals surface area contributed by atoms with Gasteiger partial charge in [0.1, 0.15) is 10.9 Å². The van der Waals surface area contributed by atoms with E-state index >= 15 is 0 Å². The zero-order valence-corrected chi connectivity index (χ0v) is 11.7. The van der Waals surface area contributed by atoms with Gasteiger partial charge in [0, 0.05) is 25.5 Å². The van der Waals surface area contributed by atoms with E-state index < -0.39 is 0 Å². The largest absolute Gasteiger partial charge is 0.299 e. The van der Waals surface area contributed by atoms with E-state index in [4.69, 9.17) is 11.6 Å². The molecule has 17 heavy (non-hydrogen) atoms. The summed E-state index contributed by atoms with van der Waals surface area (Å²) >= 11 is 6.09. The molecule has 0 amide bonds. The van der Waals surface area contributed by atoms with Gasteiger partial charge in [0.05, 0.1) is 5.69 Å². The van der Waals surface area contributed by atoms with E-state index in [1.807, 2.05) is 6.92 Å². The highest BCUT2D eigenvalue weighted by Crippen LogP contribution is 2.20. The Labute approximate surface area is 108 Å². The lowest BCUT2D eigenvalue weighted by Gasteiger charge is -2.01. The number of carbonyl (C=O) groups excluding carboxylic acids is 1. The molecular formula is C13H21ClN2O. The molecule has 0 N–H and O–H groups in total. The van der Waals surface area contributed by atoms with Crippen LogP contribution in [0.15, 0.2) is 0 Å². The van der Waals surface area contributed by atoms with Gasteiger partial charge in [-0.2, -0.15) is 5.10 Å². The molecule has 96 valence electrons. The molecule has 0 saturated heterocycles. The molecule has 1 aromatic heterocycles. The molecule has 1 rings (SSSR count). The summed E-state index contributed by atoms with van der Waals surface area (Å²) in [6.45, 7) is 4.06. The van der Waals surface area contributed by atoms with Crippen LogP contribution >= 0.6 is 11.6 Å². The van der Waals surface area contributed by atoms with Crippen molar-refractivity contribution in [3.05, 3.63) is 16.4 Å². The Hall–Kier alpha value is -0.830. The Morgan fingerprint density at radius 3 is 2.59 bits per heavy atom. The highest BCUT2D eigenvalue weighted by atomic mass is 35.5. The zero-order valence-electron chi connectivity index (χ0n) is 10.9. The van der Waals surface area contributed by atoms with Crippen LogP contribution in [0.3, 0.4) is 0 Å². The van der Waals surface area contributed by atoms with Crippen molar-refractivity contribution in [1.29, 1.82) is 0 Å². The Balaban J connectivity index is 2.45. The van der Waals surface area contributed by atoms with Gasteiger partial charge in [-0.25, -0.2) is 0 Å². The molecule has 1 heterocycles. The fourth-order valence-corrected chi connectivity index (χ4v) is 2.15. The molecule has 0 fully saturated rings. The Kier molecular flexibility index (Phi) is 5.69. The molecule has 0 unspecified atom stereocenters. The van der Waals surface area contributed by atoms with Gasteiger partial charge in [-0.05, 0) is 13.3 Å². The maximum atomic E-state index is 11.8. The molecule has 0 aromatic carbocycles. The molecule has 0 aliphatic rings.